The number of likely N-dealkylation sites (tertiary alicyclic amines) is 1. The van der Waals surface area contributed by atoms with Crippen molar-refractivity contribution >= 4 is 23.6 Å². The molecular weight excluding hydrogens is 360 g/mol. The van der Waals surface area contributed by atoms with Crippen molar-refractivity contribution in [2.75, 3.05) is 25.4 Å². The molecule has 144 valence electrons. The number of nitrogens with one attached hydrogen (secondary N) is 1. The van der Waals surface area contributed by atoms with Gasteiger partial charge < -0.3 is 10.2 Å². The lowest BCUT2D eigenvalue weighted by Crippen LogP contribution is -2.42. The molecule has 0 unspecified atom stereocenters. The van der Waals surface area contributed by atoms with Crippen LogP contribution in [0.25, 0.3) is 5.69 Å². The number of amides is 2. The molecule has 0 radical (unpaired) electrons. The fourth-order valence-corrected chi connectivity index (χ4v) is 4.17. The number of piperidine rings is 1. The van der Waals surface area contributed by atoms with Crippen LogP contribution >= 0.6 is 11.8 Å². The lowest BCUT2D eigenvalue weighted by Gasteiger charge is -2.32. The molecule has 1 saturated heterocycles. The predicted octanol–water partition coefficient (Wildman–Crippen LogP) is 2.65. The molecule has 2 amide bonds. The molecule has 1 aromatic heterocycles. The zero-order chi connectivity index (χ0) is 19.2. The standard InChI is InChI=1S/C20H26N4O2S/c1-15-5-3-4-6-18(15)24-12-9-21-20(24)27-14-19(26)23-10-7-17(8-11-23)13-22-16(2)25/h3-6,9,12,17H,7-8,10-11,13-14H2,1-2H3,(H,22,25). The van der Waals surface area contributed by atoms with Crippen molar-refractivity contribution in [3.05, 3.63) is 42.2 Å². The third-order valence-electron chi connectivity index (χ3n) is 4.91. The summed E-state index contributed by atoms with van der Waals surface area (Å²) in [5.41, 5.74) is 2.26. The van der Waals surface area contributed by atoms with Crippen LogP contribution in [0.4, 0.5) is 0 Å². The van der Waals surface area contributed by atoms with Crippen molar-refractivity contribution in [3.63, 3.8) is 0 Å². The van der Waals surface area contributed by atoms with Crippen LogP contribution in [-0.2, 0) is 9.59 Å². The minimum absolute atomic E-state index is 0.00839. The lowest BCUT2D eigenvalue weighted by atomic mass is 9.97. The Hall–Kier alpha value is -2.28. The molecular formula is C20H26N4O2S. The summed E-state index contributed by atoms with van der Waals surface area (Å²) in [6.45, 7) is 5.84. The minimum atomic E-state index is 0.00839. The summed E-state index contributed by atoms with van der Waals surface area (Å²) in [7, 11) is 0. The summed E-state index contributed by atoms with van der Waals surface area (Å²) < 4.78 is 2.03. The summed E-state index contributed by atoms with van der Waals surface area (Å²) in [6, 6.07) is 8.15. The highest BCUT2D eigenvalue weighted by molar-refractivity contribution is 7.99. The number of imidazole rings is 1. The zero-order valence-electron chi connectivity index (χ0n) is 15.9. The van der Waals surface area contributed by atoms with E-state index in [1.165, 1.54) is 24.2 Å². The van der Waals surface area contributed by atoms with E-state index < -0.39 is 0 Å². The first kappa shape index (κ1) is 19.5. The van der Waals surface area contributed by atoms with Gasteiger partial charge in [0, 0.05) is 39.0 Å². The second kappa shape index (κ2) is 9.08. The third-order valence-corrected chi connectivity index (χ3v) is 5.87. The summed E-state index contributed by atoms with van der Waals surface area (Å²) in [4.78, 5) is 29.9. The molecule has 0 bridgehead atoms. The van der Waals surface area contributed by atoms with Gasteiger partial charge in [0.1, 0.15) is 0 Å². The molecule has 2 aromatic rings. The maximum Gasteiger partial charge on any atom is 0.233 e. The van der Waals surface area contributed by atoms with Gasteiger partial charge in [0.05, 0.1) is 11.4 Å². The van der Waals surface area contributed by atoms with E-state index in [1.54, 1.807) is 6.20 Å². The van der Waals surface area contributed by atoms with Gasteiger partial charge in [-0.2, -0.15) is 0 Å². The topological polar surface area (TPSA) is 67.2 Å². The van der Waals surface area contributed by atoms with E-state index in [0.29, 0.717) is 18.2 Å². The highest BCUT2D eigenvalue weighted by Gasteiger charge is 2.23. The van der Waals surface area contributed by atoms with Crippen LogP contribution in [0, 0.1) is 12.8 Å². The Bertz CT molecular complexity index is 797. The smallest absolute Gasteiger partial charge is 0.233 e. The second-order valence-corrected chi connectivity index (χ2v) is 7.86. The average molecular weight is 387 g/mol. The minimum Gasteiger partial charge on any atom is -0.356 e. The van der Waals surface area contributed by atoms with Crippen LogP contribution in [0.5, 0.6) is 0 Å². The Kier molecular flexibility index (Phi) is 6.55. The van der Waals surface area contributed by atoms with Gasteiger partial charge in [-0.15, -0.1) is 0 Å². The molecule has 3 rings (SSSR count). The van der Waals surface area contributed by atoms with Crippen molar-refractivity contribution in [1.82, 2.24) is 19.8 Å². The molecule has 1 aromatic carbocycles. The maximum absolute atomic E-state index is 12.6. The number of carbonyl (C=O) groups excluding carboxylic acids is 2. The van der Waals surface area contributed by atoms with Crippen LogP contribution in [0.1, 0.15) is 25.3 Å². The molecule has 0 saturated carbocycles. The van der Waals surface area contributed by atoms with E-state index in [1.807, 2.05) is 27.8 Å². The van der Waals surface area contributed by atoms with Crippen LogP contribution in [0.2, 0.25) is 0 Å². The van der Waals surface area contributed by atoms with Gasteiger partial charge in [0.25, 0.3) is 0 Å². The molecule has 0 atom stereocenters. The fourth-order valence-electron chi connectivity index (χ4n) is 3.31. The van der Waals surface area contributed by atoms with E-state index in [4.69, 9.17) is 0 Å². The summed E-state index contributed by atoms with van der Waals surface area (Å²) in [5, 5.41) is 3.70. The van der Waals surface area contributed by atoms with E-state index in [9.17, 15) is 9.59 Å². The molecule has 1 aliphatic heterocycles. The second-order valence-electron chi connectivity index (χ2n) is 6.92. The van der Waals surface area contributed by atoms with Crippen molar-refractivity contribution < 1.29 is 9.59 Å². The van der Waals surface area contributed by atoms with E-state index in [2.05, 4.69) is 29.4 Å². The van der Waals surface area contributed by atoms with Crippen molar-refractivity contribution in [2.45, 2.75) is 31.8 Å². The van der Waals surface area contributed by atoms with Crippen LogP contribution in [0.3, 0.4) is 0 Å². The molecule has 0 aliphatic carbocycles. The Morgan fingerprint density at radius 3 is 2.70 bits per heavy atom. The van der Waals surface area contributed by atoms with Crippen LogP contribution in [-0.4, -0.2) is 51.7 Å². The maximum atomic E-state index is 12.6. The molecule has 2 heterocycles. The zero-order valence-corrected chi connectivity index (χ0v) is 16.7. The molecule has 1 aliphatic rings. The van der Waals surface area contributed by atoms with Crippen LogP contribution < -0.4 is 5.32 Å². The summed E-state index contributed by atoms with van der Waals surface area (Å²) in [6.07, 6.45) is 5.58. The number of hydrogen-bond acceptors (Lipinski definition) is 4. The Morgan fingerprint density at radius 1 is 1.26 bits per heavy atom. The molecule has 0 spiro atoms. The summed E-state index contributed by atoms with van der Waals surface area (Å²) >= 11 is 1.48. The van der Waals surface area contributed by atoms with E-state index in [-0.39, 0.29) is 11.8 Å². The first-order valence-corrected chi connectivity index (χ1v) is 10.3. The largest absolute Gasteiger partial charge is 0.356 e. The van der Waals surface area contributed by atoms with E-state index in [0.717, 1.165) is 36.8 Å². The first-order valence-electron chi connectivity index (χ1n) is 9.29. The molecule has 7 heteroatoms. The molecule has 27 heavy (non-hydrogen) atoms. The van der Waals surface area contributed by atoms with Gasteiger partial charge in [-0.25, -0.2) is 4.98 Å². The van der Waals surface area contributed by atoms with Crippen LogP contribution in [0.15, 0.2) is 41.8 Å². The number of rotatable bonds is 6. The number of aromatic nitrogens is 2. The number of aryl methyl sites for hydroxylation is 1. The Labute approximate surface area is 164 Å². The number of nitrogens with zero attached hydrogens (tertiary/aromatic N) is 3. The molecule has 1 fully saturated rings. The third kappa shape index (κ3) is 5.13. The van der Waals surface area contributed by atoms with Crippen molar-refractivity contribution in [3.8, 4) is 5.69 Å². The van der Waals surface area contributed by atoms with Gasteiger partial charge in [0.2, 0.25) is 11.8 Å². The lowest BCUT2D eigenvalue weighted by molar-refractivity contribution is -0.130. The van der Waals surface area contributed by atoms with Crippen molar-refractivity contribution in [2.24, 2.45) is 5.92 Å². The fraction of sp³-hybridized carbons (Fsp3) is 0.450. The normalized spacial score (nSPS) is 15.0. The first-order chi connectivity index (χ1) is 13.0. The SMILES string of the molecule is CC(=O)NCC1CCN(C(=O)CSc2nccn2-c2ccccc2C)CC1. The average Bonchev–Trinajstić information content (AvgIpc) is 3.13. The van der Waals surface area contributed by atoms with Gasteiger partial charge in [-0.3, -0.25) is 14.2 Å². The highest BCUT2D eigenvalue weighted by Crippen LogP contribution is 2.24. The van der Waals surface area contributed by atoms with Crippen molar-refractivity contribution in [1.29, 1.82) is 0 Å². The highest BCUT2D eigenvalue weighted by atomic mass is 32.2. The number of benzene rings is 1. The van der Waals surface area contributed by atoms with Gasteiger partial charge >= 0.3 is 0 Å². The number of carbonyl (C=O) groups is 2. The van der Waals surface area contributed by atoms with Gasteiger partial charge in [0.15, 0.2) is 5.16 Å². The quantitative estimate of drug-likeness (QED) is 0.775. The Morgan fingerprint density at radius 2 is 2.00 bits per heavy atom. The molecule has 6 nitrogen and oxygen atoms in total. The number of para-hydroxylation sites is 1. The molecule has 1 N–H and O–H groups in total. The monoisotopic (exact) mass is 386 g/mol. The number of thioether (sulfide) groups is 1. The number of hydrogen-bond donors (Lipinski definition) is 1. The predicted molar refractivity (Wildman–Crippen MR) is 107 cm³/mol. The van der Waals surface area contributed by atoms with Gasteiger partial charge in [-0.05, 0) is 37.3 Å². The summed E-state index contributed by atoms with van der Waals surface area (Å²) in [5.74, 6) is 1.01. The Balaban J connectivity index is 1.52. The van der Waals surface area contributed by atoms with Gasteiger partial charge in [-0.1, -0.05) is 30.0 Å². The van der Waals surface area contributed by atoms with E-state index >= 15 is 0 Å².